The van der Waals surface area contributed by atoms with Gasteiger partial charge in [0, 0.05) is 31.7 Å². The van der Waals surface area contributed by atoms with Gasteiger partial charge >= 0.3 is 0 Å². The van der Waals surface area contributed by atoms with Crippen molar-refractivity contribution >= 4 is 0 Å². The first kappa shape index (κ1) is 12.9. The molecule has 3 heteroatoms. The van der Waals surface area contributed by atoms with Crippen molar-refractivity contribution in [2.75, 3.05) is 39.8 Å². The molecule has 1 N–H and O–H groups in total. The zero-order valence-corrected chi connectivity index (χ0v) is 11.9. The molecule has 104 valence electrons. The van der Waals surface area contributed by atoms with E-state index in [0.29, 0.717) is 0 Å². The summed E-state index contributed by atoms with van der Waals surface area (Å²) in [7, 11) is 2.28. The van der Waals surface area contributed by atoms with Crippen molar-refractivity contribution in [3.63, 3.8) is 0 Å². The highest BCUT2D eigenvalue weighted by Crippen LogP contribution is 2.23. The van der Waals surface area contributed by atoms with Gasteiger partial charge in [-0.2, -0.15) is 0 Å². The van der Waals surface area contributed by atoms with Gasteiger partial charge < -0.3 is 15.1 Å². The number of hydrogen-bond donors (Lipinski definition) is 1. The van der Waals surface area contributed by atoms with Crippen LogP contribution >= 0.6 is 0 Å². The van der Waals surface area contributed by atoms with Crippen LogP contribution in [0.15, 0.2) is 0 Å². The van der Waals surface area contributed by atoms with Crippen LogP contribution in [0.5, 0.6) is 0 Å². The summed E-state index contributed by atoms with van der Waals surface area (Å²) < 4.78 is 0. The first-order valence-corrected chi connectivity index (χ1v) is 7.96. The van der Waals surface area contributed by atoms with E-state index in [0.717, 1.165) is 18.0 Å². The molecular formula is C15H29N3. The Morgan fingerprint density at radius 1 is 0.944 bits per heavy atom. The van der Waals surface area contributed by atoms with E-state index in [1.54, 1.807) is 0 Å². The van der Waals surface area contributed by atoms with Gasteiger partial charge in [0.15, 0.2) is 0 Å². The van der Waals surface area contributed by atoms with Crippen LogP contribution in [0.4, 0.5) is 0 Å². The number of likely N-dealkylation sites (tertiary alicyclic amines) is 2. The van der Waals surface area contributed by atoms with Gasteiger partial charge in [-0.1, -0.05) is 0 Å². The van der Waals surface area contributed by atoms with E-state index in [2.05, 4.69) is 22.2 Å². The summed E-state index contributed by atoms with van der Waals surface area (Å²) in [6.07, 6.45) is 8.48. The summed E-state index contributed by atoms with van der Waals surface area (Å²) in [5, 5.41) is 3.82. The fraction of sp³-hybridized carbons (Fsp3) is 1.00. The van der Waals surface area contributed by atoms with Crippen LogP contribution in [0.1, 0.15) is 38.5 Å². The van der Waals surface area contributed by atoms with Gasteiger partial charge in [-0.25, -0.2) is 0 Å². The molecule has 1 saturated carbocycles. The molecule has 0 radical (unpaired) electrons. The molecule has 0 aromatic rings. The third-order valence-electron chi connectivity index (χ3n) is 4.79. The van der Waals surface area contributed by atoms with Gasteiger partial charge in [-0.05, 0) is 64.6 Å². The van der Waals surface area contributed by atoms with E-state index in [-0.39, 0.29) is 0 Å². The topological polar surface area (TPSA) is 18.5 Å². The molecule has 0 spiro atoms. The average molecular weight is 251 g/mol. The van der Waals surface area contributed by atoms with Crippen LogP contribution in [0.2, 0.25) is 0 Å². The van der Waals surface area contributed by atoms with E-state index in [9.17, 15) is 0 Å². The maximum absolute atomic E-state index is 3.82. The minimum absolute atomic E-state index is 0.785. The minimum Gasteiger partial charge on any atom is -0.310 e. The average Bonchev–Trinajstić information content (AvgIpc) is 3.13. The number of hydrogen-bond acceptors (Lipinski definition) is 3. The molecule has 3 rings (SSSR count). The second-order valence-corrected chi connectivity index (χ2v) is 6.81. The summed E-state index contributed by atoms with van der Waals surface area (Å²) in [5.41, 5.74) is 0. The summed E-state index contributed by atoms with van der Waals surface area (Å²) in [6, 6.07) is 1.66. The molecule has 0 aromatic heterocycles. The van der Waals surface area contributed by atoms with Crippen molar-refractivity contribution in [3.8, 4) is 0 Å². The predicted octanol–water partition coefficient (Wildman–Crippen LogP) is 1.54. The molecule has 1 aliphatic carbocycles. The van der Waals surface area contributed by atoms with Gasteiger partial charge in [-0.3, -0.25) is 0 Å². The fourth-order valence-corrected chi connectivity index (χ4v) is 3.73. The van der Waals surface area contributed by atoms with Crippen LogP contribution in [-0.2, 0) is 0 Å². The van der Waals surface area contributed by atoms with E-state index in [1.165, 1.54) is 71.2 Å². The Hall–Kier alpha value is -0.120. The summed E-state index contributed by atoms with van der Waals surface area (Å²) in [4.78, 5) is 5.24. The van der Waals surface area contributed by atoms with Crippen molar-refractivity contribution in [1.82, 2.24) is 15.1 Å². The molecule has 0 aromatic carbocycles. The molecule has 2 heterocycles. The van der Waals surface area contributed by atoms with Crippen LogP contribution in [0.3, 0.4) is 0 Å². The minimum atomic E-state index is 0.785. The first-order valence-electron chi connectivity index (χ1n) is 7.96. The number of rotatable bonds is 4. The largest absolute Gasteiger partial charge is 0.310 e. The van der Waals surface area contributed by atoms with Crippen LogP contribution in [0.25, 0.3) is 0 Å². The third-order valence-corrected chi connectivity index (χ3v) is 4.79. The lowest BCUT2D eigenvalue weighted by Gasteiger charge is -2.38. The van der Waals surface area contributed by atoms with Gasteiger partial charge in [0.05, 0.1) is 0 Å². The lowest BCUT2D eigenvalue weighted by atomic mass is 9.96. The Labute approximate surface area is 112 Å². The standard InChI is InChI=1S/C15H29N3/c1-17-8-2-4-13(10-17)11-18-9-3-5-15(12-18)16-14-6-7-14/h13-16H,2-12H2,1H3. The van der Waals surface area contributed by atoms with E-state index >= 15 is 0 Å². The number of piperidine rings is 2. The molecule has 3 fully saturated rings. The van der Waals surface area contributed by atoms with Gasteiger partial charge in [-0.15, -0.1) is 0 Å². The smallest absolute Gasteiger partial charge is 0.0198 e. The van der Waals surface area contributed by atoms with Crippen LogP contribution in [0, 0.1) is 5.92 Å². The molecule has 0 bridgehead atoms. The Bertz CT molecular complexity index is 264. The van der Waals surface area contributed by atoms with E-state index < -0.39 is 0 Å². The third kappa shape index (κ3) is 3.69. The maximum atomic E-state index is 3.82. The summed E-state index contributed by atoms with van der Waals surface area (Å²) in [6.45, 7) is 6.60. The highest BCUT2D eigenvalue weighted by atomic mass is 15.2. The van der Waals surface area contributed by atoms with Gasteiger partial charge in [0.25, 0.3) is 0 Å². The molecular weight excluding hydrogens is 222 g/mol. The molecule has 2 aliphatic heterocycles. The quantitative estimate of drug-likeness (QED) is 0.818. The molecule has 3 aliphatic rings. The van der Waals surface area contributed by atoms with Gasteiger partial charge in [0.2, 0.25) is 0 Å². The summed E-state index contributed by atoms with van der Waals surface area (Å²) in [5.74, 6) is 0.920. The normalized spacial score (nSPS) is 35.8. The zero-order valence-electron chi connectivity index (χ0n) is 11.9. The van der Waals surface area contributed by atoms with E-state index in [1.807, 2.05) is 0 Å². The Balaban J connectivity index is 1.43. The monoisotopic (exact) mass is 251 g/mol. The van der Waals surface area contributed by atoms with Crippen LogP contribution in [-0.4, -0.2) is 61.7 Å². The van der Waals surface area contributed by atoms with Crippen molar-refractivity contribution in [2.45, 2.75) is 50.6 Å². The SMILES string of the molecule is CN1CCCC(CN2CCCC(NC3CC3)C2)C1. The van der Waals surface area contributed by atoms with Crippen molar-refractivity contribution in [2.24, 2.45) is 5.92 Å². The van der Waals surface area contributed by atoms with E-state index in [4.69, 9.17) is 0 Å². The molecule has 2 unspecified atom stereocenters. The Morgan fingerprint density at radius 3 is 2.56 bits per heavy atom. The number of nitrogens with zero attached hydrogens (tertiary/aromatic N) is 2. The molecule has 2 saturated heterocycles. The lowest BCUT2D eigenvalue weighted by Crippen LogP contribution is -2.49. The second kappa shape index (κ2) is 5.89. The van der Waals surface area contributed by atoms with Gasteiger partial charge in [0.1, 0.15) is 0 Å². The van der Waals surface area contributed by atoms with Crippen molar-refractivity contribution < 1.29 is 0 Å². The second-order valence-electron chi connectivity index (χ2n) is 6.81. The lowest BCUT2D eigenvalue weighted by molar-refractivity contribution is 0.123. The van der Waals surface area contributed by atoms with Crippen molar-refractivity contribution in [1.29, 1.82) is 0 Å². The van der Waals surface area contributed by atoms with Crippen molar-refractivity contribution in [3.05, 3.63) is 0 Å². The Morgan fingerprint density at radius 2 is 1.78 bits per heavy atom. The highest BCUT2D eigenvalue weighted by Gasteiger charge is 2.28. The first-order chi connectivity index (χ1) is 8.79. The maximum Gasteiger partial charge on any atom is 0.0198 e. The molecule has 18 heavy (non-hydrogen) atoms. The van der Waals surface area contributed by atoms with Crippen LogP contribution < -0.4 is 5.32 Å². The predicted molar refractivity (Wildman–Crippen MR) is 75.8 cm³/mol. The summed E-state index contributed by atoms with van der Waals surface area (Å²) >= 11 is 0. The molecule has 2 atom stereocenters. The molecule has 0 amide bonds. The highest BCUT2D eigenvalue weighted by molar-refractivity contribution is 4.88. The zero-order chi connectivity index (χ0) is 12.4. The molecule has 3 nitrogen and oxygen atoms in total. The number of nitrogens with one attached hydrogen (secondary N) is 1. The Kier molecular flexibility index (Phi) is 4.22. The fourth-order valence-electron chi connectivity index (χ4n) is 3.73.